The summed E-state index contributed by atoms with van der Waals surface area (Å²) in [6.45, 7) is 8.93. The molecule has 4 amide bonds. The van der Waals surface area contributed by atoms with Crippen LogP contribution in [0, 0.1) is 23.7 Å². The average Bonchev–Trinajstić information content (AvgIpc) is 0.804. The second-order valence-electron chi connectivity index (χ2n) is 27.6. The first-order chi connectivity index (χ1) is 52.8. The van der Waals surface area contributed by atoms with Crippen LogP contribution in [0.25, 0.3) is 0 Å². The standard InChI is InChI=1S/C37H22F29NO6.C36H49NO6/c1-13(15-4-8-17(9-5-15)72-22(70)25(39,40)28(45,46)31(51,52)30(49,50)27(43,44)24(3,38)36(61,62)63)12-19-14(2)20(68)67(21(19)69)16-6-10-18(11-7-16)73-23(71)26(41,42)29(47,48)32(53,54)33(55,56)34(57,58)35(59,60)37(64,65)66;1-5-7-9-11-13-15-33(38)42-30-21-17-28(18-22-30)26(3)25-32-27(4)35(40)37(36(32)41)29-19-23-31(24-20-29)43-34(39)16-14-12-10-8-6-2/h4-11,13-14,19H,12H2,1-3H3;17-24,26-27,32H,5-16,25H2,1-4H3. The van der Waals surface area contributed by atoms with Crippen LogP contribution in [0.5, 0.6) is 23.0 Å². The number of rotatable bonds is 36. The predicted molar refractivity (Wildman–Crippen MR) is 347 cm³/mol. The molecule has 4 aromatic rings. The van der Waals surface area contributed by atoms with Crippen LogP contribution in [0.1, 0.15) is 161 Å². The first kappa shape index (κ1) is 97.6. The summed E-state index contributed by atoms with van der Waals surface area (Å²) in [6.07, 6.45) is -3.61. The maximum atomic E-state index is 14.4. The van der Waals surface area contributed by atoms with Crippen LogP contribution in [0.3, 0.4) is 0 Å². The molecule has 2 aliphatic heterocycles. The van der Waals surface area contributed by atoms with Crippen LogP contribution in [-0.4, -0.2) is 131 Å². The molecule has 116 heavy (non-hydrogen) atoms. The number of unbranched alkanes of at least 4 members (excludes halogenated alkanes) is 8. The van der Waals surface area contributed by atoms with Gasteiger partial charge in [0.1, 0.15) is 23.0 Å². The third-order valence-electron chi connectivity index (χ3n) is 19.2. The van der Waals surface area contributed by atoms with Crippen LogP contribution >= 0.6 is 0 Å². The normalized spacial score (nSPS) is 18.5. The van der Waals surface area contributed by atoms with Gasteiger partial charge in [-0.05, 0) is 128 Å². The number of ether oxygens (including phenoxy) is 4. The van der Waals surface area contributed by atoms with Crippen molar-refractivity contribution in [3.05, 3.63) is 108 Å². The molecule has 648 valence electrons. The minimum absolute atomic E-state index is 0.0243. The summed E-state index contributed by atoms with van der Waals surface area (Å²) in [5.74, 6) is -108. The van der Waals surface area contributed by atoms with Crippen LogP contribution in [-0.2, 0) is 38.4 Å². The zero-order valence-electron chi connectivity index (χ0n) is 61.4. The molecular weight excluding hydrogens is 1650 g/mol. The SMILES string of the molecule is CC(CC1C(=O)N(c2ccc(OC(=O)C(F)(F)C(F)(F)C(F)(F)C(F)(F)C(F)(F)C(F)(F)C(F)(F)F)cc2)C(=O)C1C)c1ccc(OC(=O)C(F)(F)C(F)(F)C(F)(F)C(F)(F)C(F)(F)C(C)(F)C(F)(F)F)cc1.CCCCCCCC(=O)Oc1ccc(C(C)CC2C(=O)N(c3ccc(OC(=O)CCCCCCC)cc3)C(=O)C2C)cc1. The Labute approximate surface area is 640 Å². The molecule has 43 heteroatoms. The van der Waals surface area contributed by atoms with Gasteiger partial charge >= 0.3 is 101 Å². The maximum absolute atomic E-state index is 14.4. The number of imide groups is 2. The van der Waals surface area contributed by atoms with E-state index in [0.29, 0.717) is 60.7 Å². The number of amides is 4. The van der Waals surface area contributed by atoms with Crippen LogP contribution in [0.4, 0.5) is 139 Å². The van der Waals surface area contributed by atoms with E-state index < -0.39 is 167 Å². The number of carbonyl (C=O) groups is 8. The Kier molecular flexibility index (Phi) is 30.0. The topological polar surface area (TPSA) is 180 Å². The number of nitrogens with zero attached hydrogens (tertiary/aromatic N) is 2. The van der Waals surface area contributed by atoms with E-state index in [-0.39, 0.29) is 52.3 Å². The minimum Gasteiger partial charge on any atom is -0.427 e. The van der Waals surface area contributed by atoms with Crippen LogP contribution in [0.15, 0.2) is 97.1 Å². The number of hydrogen-bond donors (Lipinski definition) is 0. The molecule has 0 spiro atoms. The van der Waals surface area contributed by atoms with E-state index in [0.717, 1.165) is 69.6 Å². The number of anilines is 2. The molecule has 6 rings (SSSR count). The van der Waals surface area contributed by atoms with Gasteiger partial charge in [0.2, 0.25) is 23.6 Å². The molecule has 4 aromatic carbocycles. The fraction of sp³-hybridized carbons (Fsp3) is 0.562. The zero-order chi connectivity index (χ0) is 88.9. The van der Waals surface area contributed by atoms with Gasteiger partial charge in [0.25, 0.3) is 5.67 Å². The van der Waals surface area contributed by atoms with E-state index >= 15 is 0 Å². The maximum Gasteiger partial charge on any atom is 0.460 e. The molecule has 0 aliphatic carbocycles. The third-order valence-corrected chi connectivity index (χ3v) is 19.2. The molecule has 0 saturated carbocycles. The number of benzene rings is 4. The van der Waals surface area contributed by atoms with Crippen molar-refractivity contribution >= 4 is 58.9 Å². The van der Waals surface area contributed by atoms with Crippen LogP contribution < -0.4 is 28.7 Å². The van der Waals surface area contributed by atoms with Crippen molar-refractivity contribution in [3.63, 3.8) is 0 Å². The average molecular weight is 1720 g/mol. The van der Waals surface area contributed by atoms with Crippen molar-refractivity contribution in [2.75, 3.05) is 9.80 Å². The highest BCUT2D eigenvalue weighted by molar-refractivity contribution is 6.22. The van der Waals surface area contributed by atoms with E-state index in [2.05, 4.69) is 23.3 Å². The molecular formula is C73H71F29N2O12. The first-order valence-electron chi connectivity index (χ1n) is 34.8. The zero-order valence-corrected chi connectivity index (χ0v) is 61.4. The quantitative estimate of drug-likeness (QED) is 0.0138. The van der Waals surface area contributed by atoms with Gasteiger partial charge in [-0.15, -0.1) is 0 Å². The number of esters is 4. The van der Waals surface area contributed by atoms with Crippen LogP contribution in [0.2, 0.25) is 0 Å². The number of alkyl halides is 29. The Bertz CT molecular complexity index is 4120. The molecule has 7 atom stereocenters. The van der Waals surface area contributed by atoms with E-state index in [1.165, 1.54) is 31.1 Å². The number of carbonyl (C=O) groups excluding carboxylic acids is 8. The monoisotopic (exact) mass is 1720 g/mol. The lowest BCUT2D eigenvalue weighted by molar-refractivity contribution is -0.450. The third kappa shape index (κ3) is 18.9. The van der Waals surface area contributed by atoms with Crippen molar-refractivity contribution in [2.45, 2.75) is 233 Å². The Balaban J connectivity index is 0.000000472. The molecule has 7 unspecified atom stereocenters. The summed E-state index contributed by atoms with van der Waals surface area (Å²) in [4.78, 5) is 103. The Morgan fingerprint density at radius 1 is 0.336 bits per heavy atom. The van der Waals surface area contributed by atoms with Crippen molar-refractivity contribution in [2.24, 2.45) is 23.7 Å². The highest BCUT2D eigenvalue weighted by Gasteiger charge is 2.95. The van der Waals surface area contributed by atoms with E-state index in [1.807, 2.05) is 19.1 Å². The molecule has 0 radical (unpaired) electrons. The van der Waals surface area contributed by atoms with Gasteiger partial charge in [-0.2, -0.15) is 123 Å². The van der Waals surface area contributed by atoms with Gasteiger partial charge in [-0.1, -0.05) is 117 Å². The number of halogens is 29. The highest BCUT2D eigenvalue weighted by Crippen LogP contribution is 2.65. The Hall–Kier alpha value is -8.99. The molecule has 2 aliphatic rings. The Morgan fingerprint density at radius 3 is 0.879 bits per heavy atom. The van der Waals surface area contributed by atoms with Crippen molar-refractivity contribution in [3.8, 4) is 23.0 Å². The lowest BCUT2D eigenvalue weighted by Gasteiger charge is -2.42. The van der Waals surface area contributed by atoms with Gasteiger partial charge in [0.05, 0.1) is 23.2 Å². The van der Waals surface area contributed by atoms with Gasteiger partial charge in [0.15, 0.2) is 0 Å². The minimum atomic E-state index is -8.72. The van der Waals surface area contributed by atoms with Gasteiger partial charge in [-0.3, -0.25) is 38.6 Å². The predicted octanol–water partition coefficient (Wildman–Crippen LogP) is 21.2. The molecule has 2 fully saturated rings. The molecule has 14 nitrogen and oxygen atoms in total. The second-order valence-corrected chi connectivity index (χ2v) is 27.6. The Morgan fingerprint density at radius 2 is 0.595 bits per heavy atom. The van der Waals surface area contributed by atoms with E-state index in [9.17, 15) is 166 Å². The van der Waals surface area contributed by atoms with Crippen molar-refractivity contribution < 1.29 is 185 Å². The lowest BCUT2D eigenvalue weighted by Crippen LogP contribution is -2.73. The van der Waals surface area contributed by atoms with Gasteiger partial charge in [-0.25, -0.2) is 14.0 Å². The summed E-state index contributed by atoms with van der Waals surface area (Å²) in [5, 5.41) is 0. The summed E-state index contributed by atoms with van der Waals surface area (Å²) in [6, 6.07) is 17.4. The second kappa shape index (κ2) is 35.7. The van der Waals surface area contributed by atoms with Crippen molar-refractivity contribution in [1.29, 1.82) is 0 Å². The lowest BCUT2D eigenvalue weighted by atomic mass is 9.85. The molecule has 0 bridgehead atoms. The molecule has 0 aromatic heterocycles. The number of hydrogen-bond acceptors (Lipinski definition) is 12. The summed E-state index contributed by atoms with van der Waals surface area (Å²) in [7, 11) is 0. The first-order valence-corrected chi connectivity index (χ1v) is 34.8. The van der Waals surface area contributed by atoms with E-state index in [1.54, 1.807) is 43.3 Å². The molecule has 2 heterocycles. The molecule has 2 saturated heterocycles. The van der Waals surface area contributed by atoms with Gasteiger partial charge in [0, 0.05) is 24.7 Å². The summed E-state index contributed by atoms with van der Waals surface area (Å²) >= 11 is 0. The summed E-state index contributed by atoms with van der Waals surface area (Å²) < 4.78 is 414. The molecule has 0 N–H and O–H groups in total. The van der Waals surface area contributed by atoms with Crippen molar-refractivity contribution in [1.82, 2.24) is 0 Å². The smallest absolute Gasteiger partial charge is 0.427 e. The largest absolute Gasteiger partial charge is 0.460 e. The highest BCUT2D eigenvalue weighted by atomic mass is 19.4. The summed E-state index contributed by atoms with van der Waals surface area (Å²) in [5.41, 5.74) is -6.04. The van der Waals surface area contributed by atoms with E-state index in [4.69, 9.17) is 9.47 Å². The van der Waals surface area contributed by atoms with Gasteiger partial charge < -0.3 is 18.9 Å². The fourth-order valence-electron chi connectivity index (χ4n) is 11.7. The fourth-order valence-corrected chi connectivity index (χ4v) is 11.7.